The van der Waals surface area contributed by atoms with Crippen molar-refractivity contribution in [3.8, 4) is 17.6 Å². The average Bonchev–Trinajstić information content (AvgIpc) is 2.71. The molecular weight excluding hydrogens is 438 g/mol. The molecule has 0 aliphatic heterocycles. The third-order valence-corrected chi connectivity index (χ3v) is 4.88. The zero-order valence-corrected chi connectivity index (χ0v) is 17.7. The van der Waals surface area contributed by atoms with Crippen LogP contribution in [0, 0.1) is 18.3 Å². The number of rotatable bonds is 5. The Bertz CT molecular complexity index is 1210. The molecule has 0 radical (unpaired) electrons. The monoisotopic (exact) mass is 455 g/mol. The maximum Gasteiger partial charge on any atom is 0.343 e. The third-order valence-electron chi connectivity index (χ3n) is 4.29. The average molecular weight is 456 g/mol. The molecule has 148 valence electrons. The molecule has 1 heterocycles. The van der Waals surface area contributed by atoms with Crippen molar-refractivity contribution in [2.45, 2.75) is 27.3 Å². The predicted octanol–water partition coefficient (Wildman–Crippen LogP) is 3.98. The third kappa shape index (κ3) is 4.00. The van der Waals surface area contributed by atoms with Gasteiger partial charge in [-0.15, -0.1) is 0 Å². The first-order valence-electron chi connectivity index (χ1n) is 8.99. The molecule has 0 amide bonds. The van der Waals surface area contributed by atoms with Gasteiger partial charge in [0, 0.05) is 12.6 Å². The minimum absolute atomic E-state index is 0.154. The molecule has 2 aromatic carbocycles. The van der Waals surface area contributed by atoms with E-state index in [1.807, 2.05) is 13.0 Å². The van der Waals surface area contributed by atoms with E-state index in [0.29, 0.717) is 45.7 Å². The van der Waals surface area contributed by atoms with Gasteiger partial charge in [0.2, 0.25) is 0 Å². The van der Waals surface area contributed by atoms with Crippen molar-refractivity contribution in [2.24, 2.45) is 0 Å². The van der Waals surface area contributed by atoms with Gasteiger partial charge in [0.25, 0.3) is 5.56 Å². The van der Waals surface area contributed by atoms with Crippen LogP contribution in [0.3, 0.4) is 0 Å². The molecule has 0 saturated carbocycles. The molecule has 1 aromatic heterocycles. The highest BCUT2D eigenvalue weighted by molar-refractivity contribution is 9.10. The largest absolute Gasteiger partial charge is 0.490 e. The maximum atomic E-state index is 12.8. The van der Waals surface area contributed by atoms with Crippen LogP contribution in [-0.4, -0.2) is 22.1 Å². The van der Waals surface area contributed by atoms with Gasteiger partial charge >= 0.3 is 5.97 Å². The van der Waals surface area contributed by atoms with Crippen LogP contribution in [-0.2, 0) is 6.54 Å². The van der Waals surface area contributed by atoms with E-state index in [-0.39, 0.29) is 16.9 Å². The van der Waals surface area contributed by atoms with E-state index in [4.69, 9.17) is 14.7 Å². The van der Waals surface area contributed by atoms with E-state index in [0.717, 1.165) is 0 Å². The predicted molar refractivity (Wildman–Crippen MR) is 111 cm³/mol. The summed E-state index contributed by atoms with van der Waals surface area (Å²) in [4.78, 5) is 29.3. The lowest BCUT2D eigenvalue weighted by Gasteiger charge is -2.13. The zero-order valence-electron chi connectivity index (χ0n) is 16.2. The van der Waals surface area contributed by atoms with E-state index in [1.54, 1.807) is 42.7 Å². The Morgan fingerprint density at radius 1 is 1.28 bits per heavy atom. The number of fused-ring (bicyclic) bond motifs is 1. The van der Waals surface area contributed by atoms with Crippen molar-refractivity contribution in [3.05, 3.63) is 62.0 Å². The van der Waals surface area contributed by atoms with E-state index in [2.05, 4.69) is 20.9 Å². The molecule has 7 nitrogen and oxygen atoms in total. The molecule has 0 unspecified atom stereocenters. The first-order chi connectivity index (χ1) is 13.9. The molecule has 0 N–H and O–H groups in total. The molecule has 0 saturated heterocycles. The molecule has 29 heavy (non-hydrogen) atoms. The minimum Gasteiger partial charge on any atom is -0.490 e. The van der Waals surface area contributed by atoms with Gasteiger partial charge in [-0.3, -0.25) is 4.79 Å². The fourth-order valence-electron chi connectivity index (χ4n) is 2.96. The number of hydrogen-bond acceptors (Lipinski definition) is 6. The first-order valence-corrected chi connectivity index (χ1v) is 9.78. The van der Waals surface area contributed by atoms with Gasteiger partial charge in [0.1, 0.15) is 5.69 Å². The SMILES string of the molecule is CCOc1cc(C#N)cc(Br)c1OC(=O)c1ccc2c(c1)nc(C)c(=O)n2CC. The van der Waals surface area contributed by atoms with Crippen LogP contribution >= 0.6 is 15.9 Å². The Morgan fingerprint density at radius 2 is 2.03 bits per heavy atom. The summed E-state index contributed by atoms with van der Waals surface area (Å²) in [5.74, 6) is -0.119. The number of benzene rings is 2. The van der Waals surface area contributed by atoms with E-state index in [9.17, 15) is 9.59 Å². The van der Waals surface area contributed by atoms with Crippen molar-refractivity contribution in [2.75, 3.05) is 6.61 Å². The second-order valence-electron chi connectivity index (χ2n) is 6.17. The van der Waals surface area contributed by atoms with Crippen molar-refractivity contribution in [1.29, 1.82) is 5.26 Å². The summed E-state index contributed by atoms with van der Waals surface area (Å²) >= 11 is 3.33. The van der Waals surface area contributed by atoms with Crippen LogP contribution in [0.2, 0.25) is 0 Å². The number of hydrogen-bond donors (Lipinski definition) is 0. The number of aryl methyl sites for hydroxylation is 2. The van der Waals surface area contributed by atoms with Crippen LogP contribution in [0.4, 0.5) is 0 Å². The summed E-state index contributed by atoms with van der Waals surface area (Å²) in [7, 11) is 0. The molecule has 3 rings (SSSR count). The van der Waals surface area contributed by atoms with Crippen molar-refractivity contribution in [3.63, 3.8) is 0 Å². The lowest BCUT2D eigenvalue weighted by Crippen LogP contribution is -2.23. The number of halogens is 1. The molecule has 0 atom stereocenters. The van der Waals surface area contributed by atoms with Gasteiger partial charge < -0.3 is 14.0 Å². The lowest BCUT2D eigenvalue weighted by molar-refractivity contribution is 0.0727. The van der Waals surface area contributed by atoms with Gasteiger partial charge in [-0.1, -0.05) is 0 Å². The Hall–Kier alpha value is -3.18. The summed E-state index contributed by atoms with van der Waals surface area (Å²) in [6.45, 7) is 6.16. The molecule has 8 heteroatoms. The first kappa shape index (κ1) is 20.6. The molecule has 3 aromatic rings. The fraction of sp³-hybridized carbons (Fsp3) is 0.238. The maximum absolute atomic E-state index is 12.8. The van der Waals surface area contributed by atoms with E-state index in [1.165, 1.54) is 6.07 Å². The number of esters is 1. The summed E-state index contributed by atoms with van der Waals surface area (Å²) in [5.41, 5.74) is 2.04. The van der Waals surface area contributed by atoms with Crippen molar-refractivity contribution in [1.82, 2.24) is 9.55 Å². The number of nitrogens with zero attached hydrogens (tertiary/aromatic N) is 3. The normalized spacial score (nSPS) is 10.6. The lowest BCUT2D eigenvalue weighted by atomic mass is 10.1. The smallest absolute Gasteiger partial charge is 0.343 e. The molecular formula is C21H18BrN3O4. The van der Waals surface area contributed by atoms with E-state index >= 15 is 0 Å². The standard InChI is InChI=1S/C21H18BrN3O4/c1-4-25-17-7-6-14(10-16(17)24-12(3)20(25)26)21(27)29-19-15(22)8-13(11-23)9-18(19)28-5-2/h6-10H,4-5H2,1-3H3. The van der Waals surface area contributed by atoms with Gasteiger partial charge in [0.15, 0.2) is 11.5 Å². The van der Waals surface area contributed by atoms with Gasteiger partial charge in [-0.2, -0.15) is 5.26 Å². The second-order valence-corrected chi connectivity index (χ2v) is 7.02. The van der Waals surface area contributed by atoms with Gasteiger partial charge in [-0.05, 0) is 61.0 Å². The number of nitriles is 1. The number of carbonyl (C=O) groups excluding carboxylic acids is 1. The summed E-state index contributed by atoms with van der Waals surface area (Å²) < 4.78 is 13.1. The quantitative estimate of drug-likeness (QED) is 0.426. The van der Waals surface area contributed by atoms with Crippen molar-refractivity contribution >= 4 is 32.9 Å². The number of aromatic nitrogens is 2. The highest BCUT2D eigenvalue weighted by atomic mass is 79.9. The highest BCUT2D eigenvalue weighted by Gasteiger charge is 2.18. The Balaban J connectivity index is 2.02. The summed E-state index contributed by atoms with van der Waals surface area (Å²) in [6, 6.07) is 9.96. The Labute approximate surface area is 175 Å². The Kier molecular flexibility index (Phi) is 5.99. The Morgan fingerprint density at radius 3 is 2.69 bits per heavy atom. The van der Waals surface area contributed by atoms with Crippen LogP contribution in [0.25, 0.3) is 11.0 Å². The fourth-order valence-corrected chi connectivity index (χ4v) is 3.48. The van der Waals surface area contributed by atoms with Crippen LogP contribution in [0.1, 0.15) is 35.5 Å². The minimum atomic E-state index is -0.605. The van der Waals surface area contributed by atoms with Crippen LogP contribution in [0.5, 0.6) is 11.5 Å². The van der Waals surface area contributed by atoms with Gasteiger partial charge in [-0.25, -0.2) is 9.78 Å². The molecule has 0 aliphatic carbocycles. The molecule has 0 bridgehead atoms. The molecule has 0 spiro atoms. The highest BCUT2D eigenvalue weighted by Crippen LogP contribution is 2.37. The summed E-state index contributed by atoms with van der Waals surface area (Å²) in [6.07, 6.45) is 0. The van der Waals surface area contributed by atoms with E-state index < -0.39 is 5.97 Å². The van der Waals surface area contributed by atoms with Crippen LogP contribution in [0.15, 0.2) is 39.6 Å². The van der Waals surface area contributed by atoms with Gasteiger partial charge in [0.05, 0.1) is 39.3 Å². The zero-order chi connectivity index (χ0) is 21.1. The second kappa shape index (κ2) is 8.45. The van der Waals surface area contributed by atoms with Crippen molar-refractivity contribution < 1.29 is 14.3 Å². The van der Waals surface area contributed by atoms with Crippen LogP contribution < -0.4 is 15.0 Å². The summed E-state index contributed by atoms with van der Waals surface area (Å²) in [5, 5.41) is 9.13. The number of carbonyl (C=O) groups is 1. The molecule has 0 aliphatic rings. The number of ether oxygens (including phenoxy) is 2. The molecule has 0 fully saturated rings. The topological polar surface area (TPSA) is 94.2 Å².